The Hall–Kier alpha value is -1.86. The van der Waals surface area contributed by atoms with Gasteiger partial charge in [0.25, 0.3) is 11.1 Å². The van der Waals surface area contributed by atoms with Crippen molar-refractivity contribution >= 4 is 28.8 Å². The molecule has 0 atom stereocenters. The molecule has 0 saturated carbocycles. The van der Waals surface area contributed by atoms with Gasteiger partial charge in [-0.2, -0.15) is 0 Å². The van der Waals surface area contributed by atoms with E-state index in [2.05, 4.69) is 10.6 Å². The Kier molecular flexibility index (Phi) is 5.97. The van der Waals surface area contributed by atoms with Crippen LogP contribution in [0.15, 0.2) is 24.3 Å². The van der Waals surface area contributed by atoms with Gasteiger partial charge in [0.15, 0.2) is 0 Å². The summed E-state index contributed by atoms with van der Waals surface area (Å²) in [6.07, 6.45) is 0. The standard InChI is InChI=1S/C15H19N3O3S/c1-2-16-6-7-17-14(20)12-5-3-4-11(8-12)9-18-13(19)10-22-15(18)21/h3-5,8,16H,2,6-7,9-10H2,1H3,(H,17,20). The van der Waals surface area contributed by atoms with E-state index < -0.39 is 0 Å². The van der Waals surface area contributed by atoms with E-state index in [0.29, 0.717) is 12.1 Å². The average molecular weight is 321 g/mol. The van der Waals surface area contributed by atoms with Crippen LogP contribution in [0.5, 0.6) is 0 Å². The van der Waals surface area contributed by atoms with Crippen LogP contribution < -0.4 is 10.6 Å². The molecule has 0 aromatic heterocycles. The zero-order valence-corrected chi connectivity index (χ0v) is 13.2. The molecular formula is C15H19N3O3S. The summed E-state index contributed by atoms with van der Waals surface area (Å²) in [6.45, 7) is 4.35. The van der Waals surface area contributed by atoms with E-state index in [1.807, 2.05) is 6.92 Å². The number of rotatable bonds is 7. The van der Waals surface area contributed by atoms with Gasteiger partial charge in [0.1, 0.15) is 0 Å². The molecule has 1 aliphatic heterocycles. The van der Waals surface area contributed by atoms with E-state index in [9.17, 15) is 14.4 Å². The third-order valence-electron chi connectivity index (χ3n) is 3.21. The van der Waals surface area contributed by atoms with E-state index in [1.165, 1.54) is 4.90 Å². The fourth-order valence-corrected chi connectivity index (χ4v) is 2.80. The Morgan fingerprint density at radius 1 is 1.32 bits per heavy atom. The number of hydrogen-bond acceptors (Lipinski definition) is 5. The Morgan fingerprint density at radius 2 is 2.14 bits per heavy atom. The van der Waals surface area contributed by atoms with Gasteiger partial charge in [-0.1, -0.05) is 30.8 Å². The third kappa shape index (κ3) is 4.32. The lowest BCUT2D eigenvalue weighted by molar-refractivity contribution is -0.125. The number of nitrogens with zero attached hydrogens (tertiary/aromatic N) is 1. The SMILES string of the molecule is CCNCCNC(=O)c1cccc(CN2C(=O)CSC2=O)c1. The van der Waals surface area contributed by atoms with Gasteiger partial charge >= 0.3 is 0 Å². The van der Waals surface area contributed by atoms with Gasteiger partial charge in [0.05, 0.1) is 12.3 Å². The highest BCUT2D eigenvalue weighted by molar-refractivity contribution is 8.14. The number of carbonyl (C=O) groups excluding carboxylic acids is 3. The minimum Gasteiger partial charge on any atom is -0.351 e. The Balaban J connectivity index is 1.96. The summed E-state index contributed by atoms with van der Waals surface area (Å²) in [5, 5.41) is 5.71. The van der Waals surface area contributed by atoms with Gasteiger partial charge in [-0.15, -0.1) is 0 Å². The van der Waals surface area contributed by atoms with Crippen molar-refractivity contribution in [3.05, 3.63) is 35.4 Å². The predicted octanol–water partition coefficient (Wildman–Crippen LogP) is 1.22. The molecule has 7 heteroatoms. The molecule has 3 amide bonds. The molecule has 1 saturated heterocycles. The molecule has 22 heavy (non-hydrogen) atoms. The van der Waals surface area contributed by atoms with Crippen LogP contribution in [0.3, 0.4) is 0 Å². The molecule has 1 heterocycles. The van der Waals surface area contributed by atoms with Crippen molar-refractivity contribution in [2.75, 3.05) is 25.4 Å². The number of amides is 3. The lowest BCUT2D eigenvalue weighted by Crippen LogP contribution is -2.32. The van der Waals surface area contributed by atoms with Crippen LogP contribution in [-0.4, -0.2) is 47.3 Å². The monoisotopic (exact) mass is 321 g/mol. The van der Waals surface area contributed by atoms with Gasteiger partial charge in [-0.05, 0) is 24.2 Å². The Labute approximate surface area is 133 Å². The van der Waals surface area contributed by atoms with Crippen molar-refractivity contribution in [1.29, 1.82) is 0 Å². The second-order valence-electron chi connectivity index (χ2n) is 4.84. The van der Waals surface area contributed by atoms with E-state index in [1.54, 1.807) is 24.3 Å². The molecule has 0 radical (unpaired) electrons. The van der Waals surface area contributed by atoms with Crippen LogP contribution >= 0.6 is 11.8 Å². The van der Waals surface area contributed by atoms with E-state index >= 15 is 0 Å². The van der Waals surface area contributed by atoms with Crippen LogP contribution in [0, 0.1) is 0 Å². The predicted molar refractivity (Wildman–Crippen MR) is 85.7 cm³/mol. The molecule has 1 aliphatic rings. The maximum Gasteiger partial charge on any atom is 0.289 e. The molecule has 118 valence electrons. The summed E-state index contributed by atoms with van der Waals surface area (Å²) >= 11 is 1.01. The van der Waals surface area contributed by atoms with E-state index in [0.717, 1.165) is 30.4 Å². The van der Waals surface area contributed by atoms with Gasteiger partial charge < -0.3 is 10.6 Å². The summed E-state index contributed by atoms with van der Waals surface area (Å²) in [6, 6.07) is 6.99. The van der Waals surface area contributed by atoms with Gasteiger partial charge in [-0.25, -0.2) is 0 Å². The first-order valence-electron chi connectivity index (χ1n) is 7.16. The lowest BCUT2D eigenvalue weighted by atomic mass is 10.1. The van der Waals surface area contributed by atoms with E-state index in [4.69, 9.17) is 0 Å². The fourth-order valence-electron chi connectivity index (χ4n) is 2.07. The first-order valence-corrected chi connectivity index (χ1v) is 8.15. The minimum absolute atomic E-state index is 0.159. The van der Waals surface area contributed by atoms with E-state index in [-0.39, 0.29) is 29.4 Å². The van der Waals surface area contributed by atoms with Gasteiger partial charge in [-0.3, -0.25) is 19.3 Å². The summed E-state index contributed by atoms with van der Waals surface area (Å²) in [7, 11) is 0. The molecule has 0 aliphatic carbocycles. The highest BCUT2D eigenvalue weighted by atomic mass is 32.2. The van der Waals surface area contributed by atoms with Crippen LogP contribution in [0.25, 0.3) is 0 Å². The fraction of sp³-hybridized carbons (Fsp3) is 0.400. The van der Waals surface area contributed by atoms with Crippen LogP contribution in [0.1, 0.15) is 22.8 Å². The van der Waals surface area contributed by atoms with Crippen LogP contribution in [-0.2, 0) is 11.3 Å². The Morgan fingerprint density at radius 3 is 2.82 bits per heavy atom. The number of hydrogen-bond donors (Lipinski definition) is 2. The molecule has 2 N–H and O–H groups in total. The number of benzene rings is 1. The maximum absolute atomic E-state index is 12.0. The normalized spacial score (nSPS) is 14.5. The van der Waals surface area contributed by atoms with Gasteiger partial charge in [0.2, 0.25) is 5.91 Å². The quantitative estimate of drug-likeness (QED) is 0.738. The van der Waals surface area contributed by atoms with Crippen molar-refractivity contribution in [2.24, 2.45) is 0 Å². The number of imide groups is 1. The average Bonchev–Trinajstić information content (AvgIpc) is 2.83. The topological polar surface area (TPSA) is 78.5 Å². The lowest BCUT2D eigenvalue weighted by Gasteiger charge is -2.13. The summed E-state index contributed by atoms with van der Waals surface area (Å²) in [5.41, 5.74) is 1.30. The Bertz CT molecular complexity index is 561. The zero-order valence-electron chi connectivity index (χ0n) is 12.4. The molecular weight excluding hydrogens is 302 g/mol. The largest absolute Gasteiger partial charge is 0.351 e. The van der Waals surface area contributed by atoms with Crippen molar-refractivity contribution in [2.45, 2.75) is 13.5 Å². The van der Waals surface area contributed by atoms with Gasteiger partial charge in [0, 0.05) is 18.7 Å². The highest BCUT2D eigenvalue weighted by Gasteiger charge is 2.29. The molecule has 2 rings (SSSR count). The summed E-state index contributed by atoms with van der Waals surface area (Å²) in [5.74, 6) is -0.146. The van der Waals surface area contributed by atoms with Crippen molar-refractivity contribution in [1.82, 2.24) is 15.5 Å². The molecule has 1 aromatic rings. The maximum atomic E-state index is 12.0. The summed E-state index contributed by atoms with van der Waals surface area (Å²) in [4.78, 5) is 36.5. The van der Waals surface area contributed by atoms with Crippen molar-refractivity contribution < 1.29 is 14.4 Å². The molecule has 1 fully saturated rings. The number of likely N-dealkylation sites (N-methyl/N-ethyl adjacent to an activating group) is 1. The molecule has 1 aromatic carbocycles. The number of nitrogens with one attached hydrogen (secondary N) is 2. The third-order valence-corrected chi connectivity index (χ3v) is 4.07. The number of carbonyl (C=O) groups is 3. The zero-order chi connectivity index (χ0) is 15.9. The van der Waals surface area contributed by atoms with Crippen LogP contribution in [0.2, 0.25) is 0 Å². The molecule has 0 bridgehead atoms. The summed E-state index contributed by atoms with van der Waals surface area (Å²) < 4.78 is 0. The second-order valence-corrected chi connectivity index (χ2v) is 5.77. The number of thioether (sulfide) groups is 1. The first kappa shape index (κ1) is 16.5. The molecule has 0 spiro atoms. The highest BCUT2D eigenvalue weighted by Crippen LogP contribution is 2.21. The minimum atomic E-state index is -0.231. The second kappa shape index (κ2) is 7.95. The molecule has 0 unspecified atom stereocenters. The van der Waals surface area contributed by atoms with Crippen LogP contribution in [0.4, 0.5) is 4.79 Å². The smallest absolute Gasteiger partial charge is 0.289 e. The van der Waals surface area contributed by atoms with Crippen molar-refractivity contribution in [3.63, 3.8) is 0 Å². The first-order chi connectivity index (χ1) is 10.6. The molecule has 6 nitrogen and oxygen atoms in total. The van der Waals surface area contributed by atoms with Crippen molar-refractivity contribution in [3.8, 4) is 0 Å².